The molecule has 16 rings (SSSR count). The lowest BCUT2D eigenvalue weighted by molar-refractivity contribution is 0.0563. The van der Waals surface area contributed by atoms with Gasteiger partial charge in [-0.1, -0.05) is 420 Å². The van der Waals surface area contributed by atoms with Gasteiger partial charge in [-0.05, 0) is 169 Å². The van der Waals surface area contributed by atoms with Gasteiger partial charge in [-0.3, -0.25) is 52.7 Å². The molecule has 4 amide bonds. The molecule has 810 valence electrons. The lowest BCUT2D eigenvalue weighted by atomic mass is 9.89. The van der Waals surface area contributed by atoms with Gasteiger partial charge in [0.1, 0.15) is 22.1 Å². The van der Waals surface area contributed by atoms with E-state index in [1.807, 2.05) is 48.5 Å². The fourth-order valence-electron chi connectivity index (χ4n) is 24.1. The molecule has 19 nitrogen and oxygen atoms in total. The lowest BCUT2D eigenvalue weighted by Crippen LogP contribution is -2.43. The number of carbonyl (C=O) groups is 4. The van der Waals surface area contributed by atoms with Gasteiger partial charge in [0.05, 0.1) is 63.4 Å². The molecule has 5 heterocycles. The van der Waals surface area contributed by atoms with E-state index >= 15 is 0 Å². The van der Waals surface area contributed by atoms with Crippen molar-refractivity contribution in [1.29, 1.82) is 0 Å². The summed E-state index contributed by atoms with van der Waals surface area (Å²) in [7, 11) is 0. The van der Waals surface area contributed by atoms with Gasteiger partial charge in [0.25, 0.3) is 34.7 Å². The average molecular weight is 2300 g/mol. The molecule has 2 aliphatic carbocycles. The van der Waals surface area contributed by atoms with Crippen molar-refractivity contribution in [2.75, 3.05) is 36.0 Å². The smallest absolute Gasteiger partial charge is 0.261 e. The van der Waals surface area contributed by atoms with E-state index in [0.717, 1.165) is 110 Å². The zero-order valence-electron chi connectivity index (χ0n) is 90.4. The topological polar surface area (TPSA) is 304 Å². The van der Waals surface area contributed by atoms with E-state index in [0.29, 0.717) is 170 Å². The second kappa shape index (κ2) is 59.1. The monoisotopic (exact) mass is 2290 g/mol. The predicted octanol–water partition coefficient (Wildman–Crippen LogP) is 36.1. The van der Waals surface area contributed by atoms with Gasteiger partial charge < -0.3 is 22.9 Å². The second-order valence-corrected chi connectivity index (χ2v) is 47.2. The number of amides is 4. The third-order valence-corrected chi connectivity index (χ3v) is 36.0. The first kappa shape index (κ1) is 118. The Hall–Kier alpha value is -8.90. The number of rotatable bonds is 66. The number of hydrogen-bond acceptors (Lipinski definition) is 16. The molecule has 150 heavy (non-hydrogen) atoms. The Morgan fingerprint density at radius 3 is 0.627 bits per heavy atom. The number of imide groups is 2. The van der Waals surface area contributed by atoms with Gasteiger partial charge in [0.2, 0.25) is 10.9 Å². The third-order valence-electron chi connectivity index (χ3n) is 32.8. The minimum Gasteiger partial charge on any atom is -0.396 e. The summed E-state index contributed by atoms with van der Waals surface area (Å²) in [5.41, 5.74) is 33.1. The van der Waals surface area contributed by atoms with Crippen molar-refractivity contribution in [3.05, 3.63) is 154 Å². The number of aromatic nitrogens is 5. The van der Waals surface area contributed by atoms with E-state index < -0.39 is 10.9 Å². The van der Waals surface area contributed by atoms with Crippen LogP contribution >= 0.6 is 63.7 Å². The van der Waals surface area contributed by atoms with Crippen LogP contribution in [0.5, 0.6) is 0 Å². The molecule has 23 heteroatoms. The minimum atomic E-state index is -0.553. The third kappa shape index (κ3) is 28.1. The number of benzene rings is 8. The Labute approximate surface area is 925 Å². The standard InChI is InChI=1S/C82H106Br2N6O4.C38H53NO4.C6H8Br2N4.CH4/c1-5-9-13-17-21-25-27-31-35-39-43-55(41-37-33-29-23-19-15-11-7-3)53-89-79(91)61-49-45-57-65-58(46-50-62(67(61)65)80(89)92)72-71(57)85-75-69(83)77-78(70(84)76(75)86-72)88-74-60-48-52-64-68-63(51-47-59(66(60)68)73(74)87-77)81(93)90(82(64)94)54-56(42-38-34-30-24-20-16-12-8-4)44-40-36-32-28-26-22-18-14-10-6-2;1-3-5-7-9-11-13-14-16-18-20-22-28(21-19-17-15-12-10-8-6-4-2)27-39-37(42)31-25-23-29-33-30(36(41)35(29)40)24-26-32(34(31)33)38(39)43;7-1-3(9)5(11)2(8)6(12)4(1)10;/h45-52,55-56H,5-44,53-54H2,1-4H3;23-26,28H,3-22,27H2,1-2H3;9-12H2;1H4. The molecular formula is C127H171Br4N11O8. The van der Waals surface area contributed by atoms with Crippen LogP contribution in [0.25, 0.3) is 121 Å². The van der Waals surface area contributed by atoms with Crippen LogP contribution < -0.4 is 44.9 Å². The zero-order valence-corrected chi connectivity index (χ0v) is 96.8. The van der Waals surface area contributed by atoms with Crippen LogP contribution in [0.15, 0.2) is 110 Å². The van der Waals surface area contributed by atoms with E-state index in [1.165, 1.54) is 313 Å². The fraction of sp³-hybridized carbons (Fsp3) is 0.575. The van der Waals surface area contributed by atoms with Crippen LogP contribution in [-0.4, -0.2) is 71.0 Å². The first-order chi connectivity index (χ1) is 72.5. The molecule has 3 atom stereocenters. The maximum atomic E-state index is 14.8. The Morgan fingerprint density at radius 1 is 0.227 bits per heavy atom. The highest BCUT2D eigenvalue weighted by Crippen LogP contribution is 2.54. The number of nitrogens with two attached hydrogens (primary N) is 4. The number of carbonyl (C=O) groups excluding carboxylic acids is 4. The minimum absolute atomic E-state index is 0. The van der Waals surface area contributed by atoms with Crippen LogP contribution in [0.1, 0.15) is 476 Å². The number of nitrogens with zero attached hydrogens (tertiary/aromatic N) is 7. The lowest BCUT2D eigenvalue weighted by Gasteiger charge is -2.31. The van der Waals surface area contributed by atoms with Crippen molar-refractivity contribution >= 4 is 186 Å². The highest BCUT2D eigenvalue weighted by atomic mass is 79.9. The summed E-state index contributed by atoms with van der Waals surface area (Å²) in [4.78, 5) is 137. The number of pyridine rings is 1. The Kier molecular flexibility index (Phi) is 46.6. The van der Waals surface area contributed by atoms with Crippen molar-refractivity contribution in [2.45, 2.75) is 441 Å². The van der Waals surface area contributed by atoms with E-state index in [2.05, 4.69) is 105 Å². The molecule has 0 saturated carbocycles. The molecule has 2 aliphatic heterocycles. The molecule has 0 saturated heterocycles. The fourth-order valence-corrected chi connectivity index (χ4v) is 26.0. The molecule has 8 N–H and O–H groups in total. The Bertz CT molecular complexity index is 6200. The molecule has 0 spiro atoms. The zero-order chi connectivity index (χ0) is 106. The number of unbranched alkanes of at least 4 members (excludes halogenated alkanes) is 48. The molecule has 0 fully saturated rings. The first-order valence-electron chi connectivity index (χ1n) is 58.5. The normalized spacial score (nSPS) is 13.5. The summed E-state index contributed by atoms with van der Waals surface area (Å²) < 4.78 is 3.82. The van der Waals surface area contributed by atoms with Crippen molar-refractivity contribution in [3.8, 4) is 45.0 Å². The molecule has 0 radical (unpaired) electrons. The van der Waals surface area contributed by atoms with Crippen molar-refractivity contribution in [1.82, 2.24) is 34.3 Å². The second-order valence-electron chi connectivity index (χ2n) is 44.0. The van der Waals surface area contributed by atoms with Gasteiger partial charge in [-0.15, -0.1) is 0 Å². The predicted molar refractivity (Wildman–Crippen MR) is 646 cm³/mol. The van der Waals surface area contributed by atoms with Crippen LogP contribution in [0.2, 0.25) is 0 Å². The van der Waals surface area contributed by atoms with E-state index in [1.54, 1.807) is 34.1 Å². The molecule has 3 unspecified atom stereocenters. The van der Waals surface area contributed by atoms with E-state index in [-0.39, 0.29) is 59.9 Å². The number of hydrogen-bond donors (Lipinski definition) is 4. The number of nitrogen functional groups attached to an aromatic ring is 4. The van der Waals surface area contributed by atoms with E-state index in [4.69, 9.17) is 42.9 Å². The van der Waals surface area contributed by atoms with Crippen LogP contribution in [0.3, 0.4) is 0 Å². The number of halogens is 4. The molecule has 12 aromatic rings. The number of anilines is 4. The Morgan fingerprint density at radius 2 is 0.407 bits per heavy atom. The van der Waals surface area contributed by atoms with Crippen molar-refractivity contribution in [2.24, 2.45) is 17.8 Å². The molecule has 4 aliphatic rings. The maximum absolute atomic E-state index is 14.8. The summed E-state index contributed by atoms with van der Waals surface area (Å²) in [6.07, 6.45) is 75.1. The summed E-state index contributed by atoms with van der Waals surface area (Å²) in [5.74, 6) is -0.0135. The summed E-state index contributed by atoms with van der Waals surface area (Å²) in [5, 5.41) is 5.51. The van der Waals surface area contributed by atoms with Crippen molar-refractivity contribution < 1.29 is 19.2 Å². The van der Waals surface area contributed by atoms with Crippen LogP contribution in [0, 0.1) is 17.8 Å². The maximum Gasteiger partial charge on any atom is 0.261 e. The molecule has 0 bridgehead atoms. The van der Waals surface area contributed by atoms with Gasteiger partial charge in [-0.25, -0.2) is 19.9 Å². The van der Waals surface area contributed by atoms with Gasteiger partial charge in [0.15, 0.2) is 0 Å². The van der Waals surface area contributed by atoms with Crippen LogP contribution in [0.4, 0.5) is 22.7 Å². The molecular weight excluding hydrogens is 2130 g/mol. The van der Waals surface area contributed by atoms with Gasteiger partial charge in [-0.2, -0.15) is 0 Å². The van der Waals surface area contributed by atoms with E-state index in [9.17, 15) is 38.4 Å². The Balaban J connectivity index is 0.000000275. The molecule has 3 aromatic heterocycles. The number of fused-ring (bicyclic) bond motifs is 8. The quantitative estimate of drug-likeness (QED) is 0.00905. The highest BCUT2D eigenvalue weighted by Gasteiger charge is 2.42. The average Bonchev–Trinajstić information content (AvgIpc) is 1.53. The SMILES string of the molecule is C.CCCCCCCCCCCCC(CCCCCCCCCC)CN1C(=O)c2ccc3c4c(ccc(c24)C1=O)-c1nc2c(Br)c4nc5c(nc4c(Br)c2nc1-3)-c1ccc2c3c(ccc-5c13)C(=O)N(CC(CCCCCCCCCC)CCCCCCCCCCCC)C2=O.CCCCCCCCCCCCC(CCCCCCCCCC)Cn1c(=O)c2ccc3c(=O)c(=O)c4ccc(c1=O)c2c34.Nc1c(N)c(Br)c(N)c(N)c1Br. The van der Waals surface area contributed by atoms with Gasteiger partial charge in [0, 0.05) is 118 Å². The molecule has 9 aromatic carbocycles. The summed E-state index contributed by atoms with van der Waals surface area (Å²) in [6.45, 7) is 14.9. The van der Waals surface area contributed by atoms with Crippen molar-refractivity contribution in [3.63, 3.8) is 0 Å². The summed E-state index contributed by atoms with van der Waals surface area (Å²) >= 11 is 14.3. The summed E-state index contributed by atoms with van der Waals surface area (Å²) in [6, 6.07) is 22.1. The largest absolute Gasteiger partial charge is 0.396 e. The van der Waals surface area contributed by atoms with Crippen LogP contribution in [-0.2, 0) is 6.54 Å². The first-order valence-corrected chi connectivity index (χ1v) is 61.7. The highest BCUT2D eigenvalue weighted by molar-refractivity contribution is 9.11. The van der Waals surface area contributed by atoms with Gasteiger partial charge >= 0.3 is 0 Å².